The van der Waals surface area contributed by atoms with Gasteiger partial charge in [-0.25, -0.2) is 14.9 Å². The van der Waals surface area contributed by atoms with Crippen LogP contribution < -0.4 is 10.6 Å². The number of hydrogen-bond donors (Lipinski definition) is 2. The van der Waals surface area contributed by atoms with Gasteiger partial charge in [-0.1, -0.05) is 90.4 Å². The molecule has 0 aromatic rings. The topological polar surface area (TPSA) is 85.9 Å². The summed E-state index contributed by atoms with van der Waals surface area (Å²) < 4.78 is 16.8. The molecule has 0 heterocycles. The third-order valence-corrected chi connectivity index (χ3v) is 5.96. The van der Waals surface area contributed by atoms with E-state index in [9.17, 15) is 9.59 Å². The average molecular weight is 503 g/mol. The molecule has 0 fully saturated rings. The van der Waals surface area contributed by atoms with Crippen molar-refractivity contribution in [2.24, 2.45) is 0 Å². The monoisotopic (exact) mass is 502 g/mol. The number of rotatable bonds is 23. The number of unbranched alkanes of at least 4 members (excludes halogenated alkanes) is 13. The predicted molar refractivity (Wildman–Crippen MR) is 143 cm³/mol. The lowest BCUT2D eigenvalue weighted by Gasteiger charge is -2.23. The maximum absolute atomic E-state index is 11.8. The molecule has 0 aliphatic rings. The molecule has 208 valence electrons. The van der Waals surface area contributed by atoms with E-state index >= 15 is 0 Å². The maximum atomic E-state index is 11.8. The van der Waals surface area contributed by atoms with E-state index in [0.29, 0.717) is 19.8 Å². The Balaban J connectivity index is 3.54. The Labute approximate surface area is 215 Å². The minimum atomic E-state index is -0.790. The maximum Gasteiger partial charge on any atom is 0.415 e. The molecule has 1 unspecified atom stereocenters. The molecule has 0 aromatic carbocycles. The molecule has 8 nitrogen and oxygen atoms in total. The SMILES string of the molecule is CCCCCCCCCCCCCCCCOCC(COC(=O)NC(=O)NCC[N+](C)(C)C)OC. The van der Waals surface area contributed by atoms with Crippen LogP contribution in [0.25, 0.3) is 0 Å². The van der Waals surface area contributed by atoms with E-state index in [4.69, 9.17) is 14.2 Å². The smallest absolute Gasteiger partial charge is 0.415 e. The van der Waals surface area contributed by atoms with Gasteiger partial charge in [0.25, 0.3) is 0 Å². The van der Waals surface area contributed by atoms with Crippen LogP contribution in [0.1, 0.15) is 96.8 Å². The van der Waals surface area contributed by atoms with Gasteiger partial charge < -0.3 is 24.0 Å². The molecule has 0 aliphatic carbocycles. The summed E-state index contributed by atoms with van der Waals surface area (Å²) in [5.41, 5.74) is 0. The van der Waals surface area contributed by atoms with Gasteiger partial charge in [-0.15, -0.1) is 0 Å². The lowest BCUT2D eigenvalue weighted by molar-refractivity contribution is -0.869. The van der Waals surface area contributed by atoms with Crippen LogP contribution in [0.3, 0.4) is 0 Å². The number of ether oxygens (including phenoxy) is 3. The highest BCUT2D eigenvalue weighted by molar-refractivity contribution is 5.90. The van der Waals surface area contributed by atoms with E-state index in [1.807, 2.05) is 21.1 Å². The average Bonchev–Trinajstić information content (AvgIpc) is 2.79. The van der Waals surface area contributed by atoms with E-state index in [-0.39, 0.29) is 12.7 Å². The minimum Gasteiger partial charge on any atom is -0.446 e. The number of carbonyl (C=O) groups is 2. The van der Waals surface area contributed by atoms with Gasteiger partial charge in [-0.2, -0.15) is 0 Å². The summed E-state index contributed by atoms with van der Waals surface area (Å²) in [7, 11) is 7.64. The molecule has 0 radical (unpaired) electrons. The molecule has 0 spiro atoms. The van der Waals surface area contributed by atoms with E-state index in [2.05, 4.69) is 17.6 Å². The Morgan fingerprint density at radius 3 is 1.77 bits per heavy atom. The third-order valence-electron chi connectivity index (χ3n) is 5.96. The highest BCUT2D eigenvalue weighted by Gasteiger charge is 2.14. The van der Waals surface area contributed by atoms with E-state index in [0.717, 1.165) is 17.4 Å². The van der Waals surface area contributed by atoms with E-state index < -0.39 is 12.1 Å². The van der Waals surface area contributed by atoms with Crippen LogP contribution in [0.5, 0.6) is 0 Å². The fraction of sp³-hybridized carbons (Fsp3) is 0.926. The summed E-state index contributed by atoms with van der Waals surface area (Å²) in [6.45, 7) is 4.57. The quantitative estimate of drug-likeness (QED) is 0.139. The van der Waals surface area contributed by atoms with Crippen LogP contribution in [0.2, 0.25) is 0 Å². The zero-order valence-corrected chi connectivity index (χ0v) is 23.5. The van der Waals surface area contributed by atoms with Crippen LogP contribution in [0.15, 0.2) is 0 Å². The molecular formula is C27H56N3O5+. The Kier molecular flexibility index (Phi) is 22.1. The summed E-state index contributed by atoms with van der Waals surface area (Å²) in [6.07, 6.45) is 17.5. The van der Waals surface area contributed by atoms with Crippen molar-refractivity contribution >= 4 is 12.1 Å². The number of likely N-dealkylation sites (N-methyl/N-ethyl adjacent to an activating group) is 1. The number of alkyl carbamates (subject to hydrolysis) is 1. The first-order chi connectivity index (χ1) is 16.8. The van der Waals surface area contributed by atoms with Crippen molar-refractivity contribution in [2.75, 3.05) is 61.2 Å². The van der Waals surface area contributed by atoms with Crippen LogP contribution in [0.4, 0.5) is 9.59 Å². The highest BCUT2D eigenvalue weighted by Crippen LogP contribution is 2.13. The first kappa shape index (κ1) is 33.6. The lowest BCUT2D eigenvalue weighted by atomic mass is 10.0. The number of amides is 3. The van der Waals surface area contributed by atoms with Gasteiger partial charge in [0.1, 0.15) is 12.7 Å². The van der Waals surface area contributed by atoms with Crippen LogP contribution in [0, 0.1) is 0 Å². The van der Waals surface area contributed by atoms with Crippen molar-refractivity contribution in [1.29, 1.82) is 0 Å². The zero-order chi connectivity index (χ0) is 26.2. The molecule has 35 heavy (non-hydrogen) atoms. The normalized spacial score (nSPS) is 12.4. The Bertz CT molecular complexity index is 512. The molecule has 0 saturated heterocycles. The summed E-state index contributed by atoms with van der Waals surface area (Å²) in [5, 5.41) is 4.79. The standard InChI is InChI=1S/C27H55N3O5/c1-6-7-8-9-10-11-12-13-14-15-16-17-18-19-22-34-23-25(33-5)24-35-27(32)29-26(31)28-20-21-30(2,3)4/h25H,6-24H2,1-5H3,(H-,28,29,31,32)/p+1. The van der Waals surface area contributed by atoms with Gasteiger partial charge in [-0.3, -0.25) is 0 Å². The number of methoxy groups -OCH3 is 1. The number of urea groups is 1. The molecule has 1 atom stereocenters. The van der Waals surface area contributed by atoms with Gasteiger partial charge in [0.2, 0.25) is 0 Å². The number of carbonyl (C=O) groups excluding carboxylic acids is 2. The van der Waals surface area contributed by atoms with Crippen molar-refractivity contribution in [1.82, 2.24) is 10.6 Å². The number of nitrogens with zero attached hydrogens (tertiary/aromatic N) is 1. The molecule has 0 aliphatic heterocycles. The number of nitrogens with one attached hydrogen (secondary N) is 2. The molecule has 8 heteroatoms. The molecule has 0 rings (SSSR count). The number of hydrogen-bond acceptors (Lipinski definition) is 5. The van der Waals surface area contributed by atoms with Crippen molar-refractivity contribution in [3.8, 4) is 0 Å². The van der Waals surface area contributed by atoms with Crippen LogP contribution in [-0.4, -0.2) is 83.9 Å². The summed E-state index contributed by atoms with van der Waals surface area (Å²) >= 11 is 0. The van der Waals surface area contributed by atoms with Gasteiger partial charge in [-0.05, 0) is 6.42 Å². The number of quaternary nitrogens is 1. The highest BCUT2D eigenvalue weighted by atomic mass is 16.6. The second-order valence-electron chi connectivity index (χ2n) is 10.5. The molecule has 0 bridgehead atoms. The summed E-state index contributed by atoms with van der Waals surface area (Å²) in [5.74, 6) is 0. The van der Waals surface area contributed by atoms with E-state index in [1.54, 1.807) is 7.11 Å². The molecule has 3 amide bonds. The Morgan fingerprint density at radius 1 is 0.771 bits per heavy atom. The van der Waals surface area contributed by atoms with Gasteiger partial charge >= 0.3 is 12.1 Å². The molecule has 0 saturated carbocycles. The third kappa shape index (κ3) is 25.5. The van der Waals surface area contributed by atoms with Crippen LogP contribution >= 0.6 is 0 Å². The predicted octanol–water partition coefficient (Wildman–Crippen LogP) is 5.64. The van der Waals surface area contributed by atoms with Crippen molar-refractivity contribution < 1.29 is 28.3 Å². The fourth-order valence-corrected chi connectivity index (χ4v) is 3.64. The first-order valence-electron chi connectivity index (χ1n) is 13.9. The zero-order valence-electron chi connectivity index (χ0n) is 23.5. The molecule has 0 aromatic heterocycles. The first-order valence-corrected chi connectivity index (χ1v) is 13.9. The van der Waals surface area contributed by atoms with Gasteiger partial charge in [0.05, 0.1) is 40.8 Å². The second kappa shape index (κ2) is 23.0. The van der Waals surface area contributed by atoms with Crippen molar-refractivity contribution in [3.63, 3.8) is 0 Å². The Morgan fingerprint density at radius 2 is 1.29 bits per heavy atom. The summed E-state index contributed by atoms with van der Waals surface area (Å²) in [4.78, 5) is 23.5. The minimum absolute atomic E-state index is 0.0350. The second-order valence-corrected chi connectivity index (χ2v) is 10.5. The Hall–Kier alpha value is -1.38. The van der Waals surface area contributed by atoms with Crippen molar-refractivity contribution in [3.05, 3.63) is 0 Å². The molecule has 2 N–H and O–H groups in total. The largest absolute Gasteiger partial charge is 0.446 e. The lowest BCUT2D eigenvalue weighted by Crippen LogP contribution is -2.46. The summed E-state index contributed by atoms with van der Waals surface area (Å²) in [6, 6.07) is -0.563. The van der Waals surface area contributed by atoms with Crippen LogP contribution in [-0.2, 0) is 14.2 Å². The number of imide groups is 1. The molecular weight excluding hydrogens is 446 g/mol. The van der Waals surface area contributed by atoms with E-state index in [1.165, 1.54) is 83.5 Å². The van der Waals surface area contributed by atoms with Gasteiger partial charge in [0.15, 0.2) is 0 Å². The van der Waals surface area contributed by atoms with Crippen molar-refractivity contribution in [2.45, 2.75) is 103 Å². The fourth-order valence-electron chi connectivity index (χ4n) is 3.64. The van der Waals surface area contributed by atoms with Gasteiger partial charge in [0, 0.05) is 13.7 Å².